The fourth-order valence-electron chi connectivity index (χ4n) is 2.57. The van der Waals surface area contributed by atoms with E-state index < -0.39 is 0 Å². The van der Waals surface area contributed by atoms with Gasteiger partial charge in [0.1, 0.15) is 5.03 Å². The fourth-order valence-corrected chi connectivity index (χ4v) is 3.45. The molecule has 114 valence electrons. The molecule has 2 aromatic rings. The van der Waals surface area contributed by atoms with Crippen molar-refractivity contribution in [1.82, 2.24) is 9.97 Å². The van der Waals surface area contributed by atoms with Crippen molar-refractivity contribution in [3.63, 3.8) is 0 Å². The number of anilines is 1. The maximum absolute atomic E-state index is 12.0. The molecule has 0 saturated carbocycles. The number of fused-ring (bicyclic) bond motifs is 1. The summed E-state index contributed by atoms with van der Waals surface area (Å²) in [6, 6.07) is 9.33. The summed E-state index contributed by atoms with van der Waals surface area (Å²) in [6.45, 7) is 0. The summed E-state index contributed by atoms with van der Waals surface area (Å²) < 4.78 is 0. The number of benzene rings is 1. The lowest BCUT2D eigenvalue weighted by atomic mass is 9.98. The molecule has 0 bridgehead atoms. The van der Waals surface area contributed by atoms with Crippen LogP contribution in [-0.4, -0.2) is 21.6 Å². The number of rotatable bonds is 4. The molecule has 2 N–H and O–H groups in total. The van der Waals surface area contributed by atoms with Gasteiger partial charge < -0.3 is 10.3 Å². The smallest absolute Gasteiger partial charge is 0.325 e. The number of aromatic nitrogens is 2. The van der Waals surface area contributed by atoms with Crippen LogP contribution in [-0.2, 0) is 17.6 Å². The molecule has 1 amide bonds. The van der Waals surface area contributed by atoms with Crippen molar-refractivity contribution in [1.29, 1.82) is 0 Å². The van der Waals surface area contributed by atoms with Crippen molar-refractivity contribution in [3.05, 3.63) is 52.1 Å². The van der Waals surface area contributed by atoms with Crippen molar-refractivity contribution in [3.8, 4) is 0 Å². The molecule has 22 heavy (non-hydrogen) atoms. The van der Waals surface area contributed by atoms with Crippen LogP contribution in [0.15, 0.2) is 40.2 Å². The molecule has 0 aliphatic heterocycles. The predicted octanol–water partition coefficient (Wildman–Crippen LogP) is 2.38. The van der Waals surface area contributed by atoms with E-state index in [-0.39, 0.29) is 17.3 Å². The summed E-state index contributed by atoms with van der Waals surface area (Å²) in [6.07, 6.45) is 3.99. The highest BCUT2D eigenvalue weighted by Gasteiger charge is 2.17. The second-order valence-electron chi connectivity index (χ2n) is 5.21. The van der Waals surface area contributed by atoms with E-state index in [1.54, 1.807) is 0 Å². The third-order valence-corrected chi connectivity index (χ3v) is 4.60. The second kappa shape index (κ2) is 6.79. The molecule has 0 unspecified atom stereocenters. The molecule has 1 aromatic carbocycles. The fraction of sp³-hybridized carbons (Fsp3) is 0.312. The summed E-state index contributed by atoms with van der Waals surface area (Å²) in [5.74, 6) is 0.153. The number of thioether (sulfide) groups is 1. The lowest BCUT2D eigenvalue weighted by Gasteiger charge is -2.17. The van der Waals surface area contributed by atoms with Gasteiger partial charge in [-0.05, 0) is 37.8 Å². The molecule has 1 heterocycles. The van der Waals surface area contributed by atoms with Crippen molar-refractivity contribution >= 4 is 23.4 Å². The van der Waals surface area contributed by atoms with Gasteiger partial charge in [-0.25, -0.2) is 4.79 Å². The van der Waals surface area contributed by atoms with Gasteiger partial charge in [0.25, 0.3) is 0 Å². The van der Waals surface area contributed by atoms with E-state index in [0.29, 0.717) is 5.03 Å². The zero-order valence-electron chi connectivity index (χ0n) is 12.1. The average Bonchev–Trinajstić information content (AvgIpc) is 2.53. The number of para-hydroxylation sites is 1. The molecule has 0 saturated heterocycles. The lowest BCUT2D eigenvalue weighted by Crippen LogP contribution is -2.20. The number of hydrogen-bond donors (Lipinski definition) is 2. The Morgan fingerprint density at radius 3 is 2.82 bits per heavy atom. The van der Waals surface area contributed by atoms with E-state index in [4.69, 9.17) is 0 Å². The average molecular weight is 315 g/mol. The number of nitrogens with zero attached hydrogens (tertiary/aromatic N) is 1. The van der Waals surface area contributed by atoms with Crippen LogP contribution in [0.25, 0.3) is 0 Å². The van der Waals surface area contributed by atoms with Crippen LogP contribution < -0.4 is 11.0 Å². The minimum Gasteiger partial charge on any atom is -0.325 e. The van der Waals surface area contributed by atoms with Gasteiger partial charge in [0.15, 0.2) is 0 Å². The zero-order valence-corrected chi connectivity index (χ0v) is 12.9. The molecule has 0 atom stereocenters. The van der Waals surface area contributed by atoms with Crippen LogP contribution in [0.4, 0.5) is 5.69 Å². The van der Waals surface area contributed by atoms with Gasteiger partial charge in [-0.2, -0.15) is 4.98 Å². The first kappa shape index (κ1) is 14.8. The first-order valence-corrected chi connectivity index (χ1v) is 8.31. The SMILES string of the molecule is O=C(CSc1nc(=O)[nH]c2c1CCCC2)Nc1ccccc1. The van der Waals surface area contributed by atoms with Crippen LogP contribution >= 0.6 is 11.8 Å². The van der Waals surface area contributed by atoms with E-state index in [9.17, 15) is 9.59 Å². The molecular formula is C16H17N3O2S. The highest BCUT2D eigenvalue weighted by Crippen LogP contribution is 2.27. The third kappa shape index (κ3) is 3.57. The van der Waals surface area contributed by atoms with Crippen LogP contribution in [0.2, 0.25) is 0 Å². The third-order valence-electron chi connectivity index (χ3n) is 3.58. The van der Waals surface area contributed by atoms with Crippen molar-refractivity contribution in [2.24, 2.45) is 0 Å². The standard InChI is InChI=1S/C16H17N3O2S/c20-14(17-11-6-2-1-3-7-11)10-22-15-12-8-4-5-9-13(12)18-16(21)19-15/h1-3,6-7H,4-5,8-10H2,(H,17,20)(H,18,19,21). The number of amides is 1. The topological polar surface area (TPSA) is 74.8 Å². The Balaban J connectivity index is 1.67. The summed E-state index contributed by atoms with van der Waals surface area (Å²) in [4.78, 5) is 30.5. The van der Waals surface area contributed by atoms with Crippen molar-refractivity contribution in [2.75, 3.05) is 11.1 Å². The monoisotopic (exact) mass is 315 g/mol. The number of nitrogens with one attached hydrogen (secondary N) is 2. The number of carbonyl (C=O) groups is 1. The first-order valence-electron chi connectivity index (χ1n) is 7.32. The summed E-state index contributed by atoms with van der Waals surface area (Å²) in [7, 11) is 0. The molecule has 0 radical (unpaired) electrons. The Morgan fingerprint density at radius 2 is 2.00 bits per heavy atom. The van der Waals surface area contributed by atoms with Crippen LogP contribution in [0.5, 0.6) is 0 Å². The highest BCUT2D eigenvalue weighted by atomic mass is 32.2. The van der Waals surface area contributed by atoms with Gasteiger partial charge in [0.05, 0.1) is 5.75 Å². The Bertz CT molecular complexity index is 728. The Kier molecular flexibility index (Phi) is 4.58. The minimum atomic E-state index is -0.327. The summed E-state index contributed by atoms with van der Waals surface area (Å²) in [5.41, 5.74) is 2.53. The van der Waals surface area contributed by atoms with E-state index in [0.717, 1.165) is 42.6 Å². The highest BCUT2D eigenvalue weighted by molar-refractivity contribution is 8.00. The molecular weight excluding hydrogens is 298 g/mol. The van der Waals surface area contributed by atoms with Crippen molar-refractivity contribution < 1.29 is 4.79 Å². The largest absolute Gasteiger partial charge is 0.346 e. The molecule has 0 fully saturated rings. The second-order valence-corrected chi connectivity index (χ2v) is 6.18. The Labute approximate surface area is 132 Å². The van der Waals surface area contributed by atoms with E-state index >= 15 is 0 Å². The molecule has 0 spiro atoms. The number of aryl methyl sites for hydroxylation is 1. The van der Waals surface area contributed by atoms with Gasteiger partial charge in [-0.1, -0.05) is 30.0 Å². The molecule has 1 aliphatic rings. The minimum absolute atomic E-state index is 0.0946. The van der Waals surface area contributed by atoms with Gasteiger partial charge in [0, 0.05) is 16.9 Å². The van der Waals surface area contributed by atoms with Gasteiger partial charge in [-0.3, -0.25) is 4.79 Å². The van der Waals surface area contributed by atoms with Crippen molar-refractivity contribution in [2.45, 2.75) is 30.7 Å². The quantitative estimate of drug-likeness (QED) is 0.671. The molecule has 1 aromatic heterocycles. The molecule has 5 nitrogen and oxygen atoms in total. The van der Waals surface area contributed by atoms with E-state index in [1.807, 2.05) is 30.3 Å². The van der Waals surface area contributed by atoms with Gasteiger partial charge in [-0.15, -0.1) is 0 Å². The van der Waals surface area contributed by atoms with Crippen LogP contribution in [0, 0.1) is 0 Å². The lowest BCUT2D eigenvalue weighted by molar-refractivity contribution is -0.113. The molecule has 3 rings (SSSR count). The Hall–Kier alpha value is -2.08. The maximum atomic E-state index is 12.0. The Morgan fingerprint density at radius 1 is 1.23 bits per heavy atom. The normalized spacial score (nSPS) is 13.5. The number of hydrogen-bond acceptors (Lipinski definition) is 4. The van der Waals surface area contributed by atoms with Gasteiger partial charge >= 0.3 is 5.69 Å². The van der Waals surface area contributed by atoms with Crippen LogP contribution in [0.3, 0.4) is 0 Å². The maximum Gasteiger partial charge on any atom is 0.346 e. The van der Waals surface area contributed by atoms with E-state index in [2.05, 4.69) is 15.3 Å². The number of aromatic amines is 1. The molecule has 1 aliphatic carbocycles. The molecule has 6 heteroatoms. The number of carbonyl (C=O) groups excluding carboxylic acids is 1. The van der Waals surface area contributed by atoms with E-state index in [1.165, 1.54) is 11.8 Å². The predicted molar refractivity (Wildman–Crippen MR) is 87.3 cm³/mol. The van der Waals surface area contributed by atoms with Gasteiger partial charge in [0.2, 0.25) is 5.91 Å². The summed E-state index contributed by atoms with van der Waals surface area (Å²) >= 11 is 1.33. The number of H-pyrrole nitrogens is 1. The zero-order chi connectivity index (χ0) is 15.4. The summed E-state index contributed by atoms with van der Waals surface area (Å²) in [5, 5.41) is 3.53. The first-order chi connectivity index (χ1) is 10.7. The van der Waals surface area contributed by atoms with Crippen LogP contribution in [0.1, 0.15) is 24.1 Å².